The van der Waals surface area contributed by atoms with E-state index in [9.17, 15) is 14.0 Å². The molecule has 200 valence electrons. The quantitative estimate of drug-likeness (QED) is 0.373. The van der Waals surface area contributed by atoms with E-state index in [1.807, 2.05) is 54.6 Å². The number of amides is 2. The number of carbonyl (C=O) groups is 2. The van der Waals surface area contributed by atoms with Crippen LogP contribution in [0, 0.1) is 5.82 Å². The molecular formula is C30H30FN5O3. The largest absolute Gasteiger partial charge is 0.344 e. The number of aromatic nitrogens is 2. The number of halogens is 1. The molecule has 0 saturated carbocycles. The minimum atomic E-state index is -0.800. The Morgan fingerprint density at radius 3 is 2.31 bits per heavy atom. The molecule has 1 atom stereocenters. The van der Waals surface area contributed by atoms with E-state index < -0.39 is 6.04 Å². The van der Waals surface area contributed by atoms with Gasteiger partial charge in [0.15, 0.2) is 0 Å². The van der Waals surface area contributed by atoms with Gasteiger partial charge >= 0.3 is 0 Å². The molecule has 39 heavy (non-hydrogen) atoms. The first-order valence-corrected chi connectivity index (χ1v) is 13.0. The second-order valence-electron chi connectivity index (χ2n) is 9.64. The summed E-state index contributed by atoms with van der Waals surface area (Å²) in [6.45, 7) is 4.58. The Morgan fingerprint density at radius 1 is 0.923 bits per heavy atom. The molecule has 3 aromatic carbocycles. The number of carbonyl (C=O) groups excluding carboxylic acids is 2. The van der Waals surface area contributed by atoms with Gasteiger partial charge in [-0.1, -0.05) is 65.8 Å². The summed E-state index contributed by atoms with van der Waals surface area (Å²) >= 11 is 0. The molecule has 1 saturated heterocycles. The molecule has 5 rings (SSSR count). The molecule has 1 aliphatic heterocycles. The molecule has 1 aliphatic rings. The Morgan fingerprint density at radius 2 is 1.62 bits per heavy atom. The average Bonchev–Trinajstić information content (AvgIpc) is 3.45. The second kappa shape index (κ2) is 12.0. The maximum absolute atomic E-state index is 14.2. The van der Waals surface area contributed by atoms with Gasteiger partial charge in [0.1, 0.15) is 11.9 Å². The predicted molar refractivity (Wildman–Crippen MR) is 145 cm³/mol. The molecule has 0 radical (unpaired) electrons. The minimum absolute atomic E-state index is 0.116. The third-order valence-corrected chi connectivity index (χ3v) is 6.81. The van der Waals surface area contributed by atoms with Crippen LogP contribution >= 0.6 is 0 Å². The maximum Gasteiger partial charge on any atom is 0.258 e. The molecular weight excluding hydrogens is 497 g/mol. The van der Waals surface area contributed by atoms with Crippen LogP contribution in [-0.4, -0.2) is 64.0 Å². The second-order valence-corrected chi connectivity index (χ2v) is 9.64. The number of nitrogens with zero attached hydrogens (tertiary/aromatic N) is 4. The molecule has 0 bridgehead atoms. The molecule has 1 fully saturated rings. The summed E-state index contributed by atoms with van der Waals surface area (Å²) in [5, 5.41) is 6.82. The van der Waals surface area contributed by atoms with Crippen LogP contribution in [0.5, 0.6) is 0 Å². The monoisotopic (exact) mass is 527 g/mol. The summed E-state index contributed by atoms with van der Waals surface area (Å²) in [6.07, 6.45) is 0.116. The molecule has 2 heterocycles. The van der Waals surface area contributed by atoms with Crippen molar-refractivity contribution in [2.45, 2.75) is 25.9 Å². The van der Waals surface area contributed by atoms with E-state index >= 15 is 0 Å². The summed E-state index contributed by atoms with van der Waals surface area (Å²) in [4.78, 5) is 33.5. The summed E-state index contributed by atoms with van der Waals surface area (Å²) in [5.41, 5.74) is 3.30. The lowest BCUT2D eigenvalue weighted by Gasteiger charge is -2.36. The van der Waals surface area contributed by atoms with E-state index in [1.165, 1.54) is 13.0 Å². The molecule has 0 aliphatic carbocycles. The lowest BCUT2D eigenvalue weighted by molar-refractivity contribution is -0.137. The summed E-state index contributed by atoms with van der Waals surface area (Å²) in [6, 6.07) is 23.2. The van der Waals surface area contributed by atoms with E-state index in [0.29, 0.717) is 43.5 Å². The minimum Gasteiger partial charge on any atom is -0.344 e. The molecule has 0 unspecified atom stereocenters. The third-order valence-electron chi connectivity index (χ3n) is 6.81. The summed E-state index contributed by atoms with van der Waals surface area (Å²) in [5.74, 6) is 0.136. The van der Waals surface area contributed by atoms with Crippen LogP contribution in [0.15, 0.2) is 83.4 Å². The zero-order chi connectivity index (χ0) is 27.2. The Kier molecular flexibility index (Phi) is 8.07. The highest BCUT2D eigenvalue weighted by atomic mass is 19.1. The Hall–Kier alpha value is -4.37. The van der Waals surface area contributed by atoms with E-state index in [-0.39, 0.29) is 24.1 Å². The number of piperazine rings is 1. The number of hydrogen-bond acceptors (Lipinski definition) is 6. The standard InChI is InChI=1S/C30H30FN5O3/c1-21(37)32-27(19-25-9-5-6-10-26(25)31)30(38)36-17-15-35(16-18-36)20-22-11-13-23(14-12-22)28-33-29(39-34-28)24-7-3-2-4-8-24/h2-14,27H,15-20H2,1H3,(H,32,37)/t27-/m0/s1. The SMILES string of the molecule is CC(=O)N[C@@H](Cc1ccccc1F)C(=O)N1CCN(Cc2ccc(-c3noc(-c4ccccc4)n3)cc2)CC1. The fourth-order valence-corrected chi connectivity index (χ4v) is 4.73. The van der Waals surface area contributed by atoms with Gasteiger partial charge in [-0.05, 0) is 29.3 Å². The van der Waals surface area contributed by atoms with Gasteiger partial charge in [-0.25, -0.2) is 4.39 Å². The third kappa shape index (κ3) is 6.56. The lowest BCUT2D eigenvalue weighted by Crippen LogP contribution is -2.55. The molecule has 8 nitrogen and oxygen atoms in total. The van der Waals surface area contributed by atoms with Crippen LogP contribution in [0.3, 0.4) is 0 Å². The fourth-order valence-electron chi connectivity index (χ4n) is 4.73. The van der Waals surface area contributed by atoms with Crippen molar-refractivity contribution in [1.82, 2.24) is 25.3 Å². The van der Waals surface area contributed by atoms with Crippen molar-refractivity contribution in [2.75, 3.05) is 26.2 Å². The van der Waals surface area contributed by atoms with Crippen LogP contribution in [0.25, 0.3) is 22.8 Å². The van der Waals surface area contributed by atoms with Crippen LogP contribution in [0.2, 0.25) is 0 Å². The maximum atomic E-state index is 14.2. The first kappa shape index (κ1) is 26.2. The number of benzene rings is 3. The normalized spacial score (nSPS) is 14.7. The van der Waals surface area contributed by atoms with Crippen LogP contribution in [-0.2, 0) is 22.6 Å². The van der Waals surface area contributed by atoms with Crippen molar-refractivity contribution in [3.05, 3.63) is 95.8 Å². The van der Waals surface area contributed by atoms with Gasteiger partial charge in [0.05, 0.1) is 0 Å². The first-order chi connectivity index (χ1) is 19.0. The molecule has 9 heteroatoms. The Bertz CT molecular complexity index is 1420. The highest BCUT2D eigenvalue weighted by Gasteiger charge is 2.29. The summed E-state index contributed by atoms with van der Waals surface area (Å²) < 4.78 is 19.6. The van der Waals surface area contributed by atoms with Crippen LogP contribution in [0.4, 0.5) is 4.39 Å². The molecule has 0 spiro atoms. The van der Waals surface area contributed by atoms with Crippen LogP contribution < -0.4 is 5.32 Å². The van der Waals surface area contributed by atoms with E-state index in [4.69, 9.17) is 4.52 Å². The Labute approximate surface area is 226 Å². The number of nitrogens with one attached hydrogen (secondary N) is 1. The molecule has 4 aromatic rings. The van der Waals surface area contributed by atoms with Crippen molar-refractivity contribution < 1.29 is 18.5 Å². The Balaban J connectivity index is 1.16. The van der Waals surface area contributed by atoms with Gasteiger partial charge in [0, 0.05) is 57.2 Å². The molecule has 1 N–H and O–H groups in total. The highest BCUT2D eigenvalue weighted by molar-refractivity contribution is 5.87. The van der Waals surface area contributed by atoms with Gasteiger partial charge in [-0.2, -0.15) is 4.98 Å². The van der Waals surface area contributed by atoms with E-state index in [1.54, 1.807) is 23.1 Å². The van der Waals surface area contributed by atoms with E-state index in [0.717, 1.165) is 23.2 Å². The van der Waals surface area contributed by atoms with E-state index in [2.05, 4.69) is 20.4 Å². The lowest BCUT2D eigenvalue weighted by atomic mass is 10.0. The fraction of sp³-hybridized carbons (Fsp3) is 0.267. The van der Waals surface area contributed by atoms with Crippen molar-refractivity contribution >= 4 is 11.8 Å². The van der Waals surface area contributed by atoms with Gasteiger partial charge < -0.3 is 14.7 Å². The van der Waals surface area contributed by atoms with Crippen molar-refractivity contribution in [1.29, 1.82) is 0 Å². The smallest absolute Gasteiger partial charge is 0.258 e. The summed E-state index contributed by atoms with van der Waals surface area (Å²) in [7, 11) is 0. The van der Waals surface area contributed by atoms with Crippen molar-refractivity contribution in [2.24, 2.45) is 0 Å². The predicted octanol–water partition coefficient (Wildman–Crippen LogP) is 3.93. The molecule has 2 amide bonds. The van der Waals surface area contributed by atoms with Crippen LogP contribution in [0.1, 0.15) is 18.1 Å². The first-order valence-electron chi connectivity index (χ1n) is 13.0. The molecule has 1 aromatic heterocycles. The van der Waals surface area contributed by atoms with Gasteiger partial charge in [-0.3, -0.25) is 14.5 Å². The van der Waals surface area contributed by atoms with Crippen molar-refractivity contribution in [3.8, 4) is 22.8 Å². The van der Waals surface area contributed by atoms with Gasteiger partial charge in [0.25, 0.3) is 5.89 Å². The zero-order valence-corrected chi connectivity index (χ0v) is 21.7. The number of rotatable bonds is 8. The van der Waals surface area contributed by atoms with Gasteiger partial charge in [0.2, 0.25) is 17.6 Å². The van der Waals surface area contributed by atoms with Gasteiger partial charge in [-0.15, -0.1) is 0 Å². The zero-order valence-electron chi connectivity index (χ0n) is 21.7. The average molecular weight is 528 g/mol. The topological polar surface area (TPSA) is 91.6 Å². The highest BCUT2D eigenvalue weighted by Crippen LogP contribution is 2.23. The number of hydrogen-bond donors (Lipinski definition) is 1. The van der Waals surface area contributed by atoms with Crippen molar-refractivity contribution in [3.63, 3.8) is 0 Å².